The van der Waals surface area contributed by atoms with Crippen molar-refractivity contribution in [1.29, 1.82) is 0 Å². The summed E-state index contributed by atoms with van der Waals surface area (Å²) in [6, 6.07) is 19.5. The normalized spacial score (nSPS) is 13.0. The number of nitrogens with two attached hydrogens (primary N) is 1. The summed E-state index contributed by atoms with van der Waals surface area (Å²) in [6.07, 6.45) is 7.67. The Morgan fingerprint density at radius 3 is 2.27 bits per heavy atom. The van der Waals surface area contributed by atoms with E-state index in [1.54, 1.807) is 44.3 Å². The molecule has 0 spiro atoms. The number of pyridine rings is 2. The summed E-state index contributed by atoms with van der Waals surface area (Å²) < 4.78 is 10.6. The molecule has 2 aromatic carbocycles. The number of nitrogens with zero attached hydrogens (tertiary/aromatic N) is 2. The SMILES string of the molecule is CCP(C)(C)=O.Cc1ccc(C(N)(c2ccc3[nH]c(=O)cc(-c4cccnc4)c3c2)c2cnc[nH]2)cc1. The van der Waals surface area contributed by atoms with Crippen LogP contribution in [0.2, 0.25) is 0 Å². The molecule has 5 rings (SSSR count). The van der Waals surface area contributed by atoms with Crippen molar-refractivity contribution in [2.24, 2.45) is 5.73 Å². The second-order valence-corrected chi connectivity index (χ2v) is 13.4. The molecule has 5 aromatic rings. The summed E-state index contributed by atoms with van der Waals surface area (Å²) in [5.74, 6) is 0. The lowest BCUT2D eigenvalue weighted by molar-refractivity contribution is 0.583. The number of rotatable bonds is 5. The van der Waals surface area contributed by atoms with Crippen molar-refractivity contribution in [1.82, 2.24) is 19.9 Å². The van der Waals surface area contributed by atoms with Gasteiger partial charge in [-0.15, -0.1) is 0 Å². The van der Waals surface area contributed by atoms with Crippen LogP contribution in [0.4, 0.5) is 0 Å². The molecule has 1 atom stereocenters. The van der Waals surface area contributed by atoms with E-state index in [1.165, 1.54) is 0 Å². The van der Waals surface area contributed by atoms with Crippen LogP contribution in [0.15, 0.2) is 90.4 Å². The Morgan fingerprint density at radius 2 is 1.68 bits per heavy atom. The Bertz CT molecular complexity index is 1590. The standard InChI is InChI=1S/C25H21N5O.C4H11OP/c1-16-4-6-18(7-5-16)25(26,23-14-28-15-29-23)19-8-9-22-21(11-19)20(12-24(31)30-22)17-3-2-10-27-13-17;1-4-6(2,3)5/h2-15H,26H2,1H3,(H,28,29)(H,30,31);4H2,1-3H3. The van der Waals surface area contributed by atoms with E-state index in [0.717, 1.165) is 50.6 Å². The van der Waals surface area contributed by atoms with Crippen molar-refractivity contribution in [3.8, 4) is 11.1 Å². The van der Waals surface area contributed by atoms with E-state index in [0.29, 0.717) is 0 Å². The molecule has 0 aliphatic rings. The van der Waals surface area contributed by atoms with E-state index in [2.05, 4.69) is 19.9 Å². The van der Waals surface area contributed by atoms with Crippen LogP contribution < -0.4 is 11.3 Å². The number of H-pyrrole nitrogens is 2. The first kappa shape index (κ1) is 26.3. The summed E-state index contributed by atoms with van der Waals surface area (Å²) in [5, 5.41) is 0.895. The highest BCUT2D eigenvalue weighted by molar-refractivity contribution is 7.62. The number of hydrogen-bond acceptors (Lipinski definition) is 5. The summed E-state index contributed by atoms with van der Waals surface area (Å²) in [5.41, 5.74) is 12.2. The van der Waals surface area contributed by atoms with Crippen LogP contribution in [-0.2, 0) is 10.1 Å². The fourth-order valence-corrected chi connectivity index (χ4v) is 4.03. The zero-order valence-electron chi connectivity index (χ0n) is 21.5. The van der Waals surface area contributed by atoms with E-state index in [9.17, 15) is 9.36 Å². The Labute approximate surface area is 216 Å². The number of hydrogen-bond donors (Lipinski definition) is 3. The average Bonchev–Trinajstić information content (AvgIpc) is 3.44. The number of aryl methyl sites for hydroxylation is 1. The van der Waals surface area contributed by atoms with Gasteiger partial charge in [-0.2, -0.15) is 0 Å². The first-order chi connectivity index (χ1) is 17.6. The quantitative estimate of drug-likeness (QED) is 0.268. The Balaban J connectivity index is 0.000000480. The van der Waals surface area contributed by atoms with E-state index in [4.69, 9.17) is 5.73 Å². The number of benzene rings is 2. The highest BCUT2D eigenvalue weighted by Gasteiger charge is 2.33. The highest BCUT2D eigenvalue weighted by atomic mass is 31.2. The lowest BCUT2D eigenvalue weighted by Crippen LogP contribution is -2.39. The third-order valence-corrected chi connectivity index (χ3v) is 7.99. The highest BCUT2D eigenvalue weighted by Crippen LogP contribution is 2.36. The fourth-order valence-electron chi connectivity index (χ4n) is 4.03. The Morgan fingerprint density at radius 1 is 0.973 bits per heavy atom. The molecule has 0 saturated heterocycles. The van der Waals surface area contributed by atoms with Crippen LogP contribution >= 0.6 is 7.14 Å². The molecule has 1 unspecified atom stereocenters. The van der Waals surface area contributed by atoms with Crippen molar-refractivity contribution >= 4 is 18.0 Å². The molecule has 0 aliphatic carbocycles. The molecule has 0 bridgehead atoms. The van der Waals surface area contributed by atoms with Crippen molar-refractivity contribution in [2.75, 3.05) is 19.5 Å². The number of nitrogens with one attached hydrogen (secondary N) is 2. The minimum Gasteiger partial charge on any atom is -0.346 e. The number of aromatic amines is 2. The Hall–Kier alpha value is -3.80. The lowest BCUT2D eigenvalue weighted by Gasteiger charge is -2.30. The molecule has 7 nitrogen and oxygen atoms in total. The van der Waals surface area contributed by atoms with Crippen molar-refractivity contribution in [3.05, 3.63) is 118 Å². The average molecular weight is 514 g/mol. The molecule has 0 radical (unpaired) electrons. The summed E-state index contributed by atoms with van der Waals surface area (Å²) >= 11 is 0. The smallest absolute Gasteiger partial charge is 0.249 e. The molecule has 190 valence electrons. The maximum atomic E-state index is 12.3. The molecular formula is C29H32N5O2P. The predicted octanol–water partition coefficient (Wildman–Crippen LogP) is 5.50. The van der Waals surface area contributed by atoms with Gasteiger partial charge < -0.3 is 20.3 Å². The minimum atomic E-state index is -1.65. The zero-order valence-corrected chi connectivity index (χ0v) is 22.4. The van der Waals surface area contributed by atoms with Gasteiger partial charge in [-0.25, -0.2) is 4.98 Å². The molecule has 0 aliphatic heterocycles. The molecule has 0 amide bonds. The fraction of sp³-hybridized carbons (Fsp3) is 0.207. The van der Waals surface area contributed by atoms with Gasteiger partial charge in [-0.05, 0) is 61.3 Å². The maximum Gasteiger partial charge on any atom is 0.249 e. The van der Waals surface area contributed by atoms with E-state index >= 15 is 0 Å². The summed E-state index contributed by atoms with van der Waals surface area (Å²) in [7, 11) is -1.65. The van der Waals surface area contributed by atoms with Crippen molar-refractivity contribution in [2.45, 2.75) is 19.4 Å². The molecule has 37 heavy (non-hydrogen) atoms. The largest absolute Gasteiger partial charge is 0.346 e. The second kappa shape index (κ2) is 10.7. The van der Waals surface area contributed by atoms with Gasteiger partial charge in [-0.3, -0.25) is 9.78 Å². The van der Waals surface area contributed by atoms with Crippen LogP contribution in [0.5, 0.6) is 0 Å². The molecule has 4 N–H and O–H groups in total. The molecule has 0 saturated carbocycles. The van der Waals surface area contributed by atoms with E-state index < -0.39 is 12.7 Å². The minimum absolute atomic E-state index is 0.162. The summed E-state index contributed by atoms with van der Waals surface area (Å²) in [6.45, 7) is 7.59. The monoisotopic (exact) mass is 513 g/mol. The third kappa shape index (κ3) is 5.79. The van der Waals surface area contributed by atoms with Gasteiger partial charge >= 0.3 is 0 Å². The van der Waals surface area contributed by atoms with Gasteiger partial charge in [0.25, 0.3) is 0 Å². The number of fused-ring (bicyclic) bond motifs is 1. The van der Waals surface area contributed by atoms with Crippen LogP contribution in [0.25, 0.3) is 22.0 Å². The molecule has 8 heteroatoms. The molecular weight excluding hydrogens is 481 g/mol. The lowest BCUT2D eigenvalue weighted by atomic mass is 9.80. The van der Waals surface area contributed by atoms with Gasteiger partial charge in [0, 0.05) is 34.9 Å². The topological polar surface area (TPSA) is 118 Å². The van der Waals surface area contributed by atoms with Crippen LogP contribution in [-0.4, -0.2) is 39.4 Å². The predicted molar refractivity (Wildman–Crippen MR) is 152 cm³/mol. The summed E-state index contributed by atoms with van der Waals surface area (Å²) in [4.78, 5) is 26.8. The van der Waals surface area contributed by atoms with E-state index in [-0.39, 0.29) is 5.56 Å². The molecule has 0 fully saturated rings. The zero-order chi connectivity index (χ0) is 26.6. The van der Waals surface area contributed by atoms with Gasteiger partial charge in [0.1, 0.15) is 5.54 Å². The van der Waals surface area contributed by atoms with Gasteiger partial charge in [0.05, 0.1) is 25.4 Å². The first-order valence-electron chi connectivity index (χ1n) is 12.1. The van der Waals surface area contributed by atoms with Gasteiger partial charge in [-0.1, -0.05) is 48.9 Å². The number of aromatic nitrogens is 4. The molecule has 3 aromatic heterocycles. The molecule has 3 heterocycles. The van der Waals surface area contributed by atoms with Crippen molar-refractivity contribution in [3.63, 3.8) is 0 Å². The number of imidazole rings is 1. The van der Waals surface area contributed by atoms with E-state index in [1.807, 2.05) is 68.4 Å². The van der Waals surface area contributed by atoms with Gasteiger partial charge in [0.15, 0.2) is 0 Å². The third-order valence-electron chi connectivity index (χ3n) is 6.46. The maximum absolute atomic E-state index is 12.3. The first-order valence-corrected chi connectivity index (χ1v) is 14.9. The Kier molecular flexibility index (Phi) is 7.58. The van der Waals surface area contributed by atoms with Crippen LogP contribution in [0.3, 0.4) is 0 Å². The van der Waals surface area contributed by atoms with Crippen molar-refractivity contribution < 1.29 is 4.57 Å². The van der Waals surface area contributed by atoms with Crippen LogP contribution in [0, 0.1) is 6.92 Å². The second-order valence-electron chi connectivity index (χ2n) is 9.58. The van der Waals surface area contributed by atoms with Gasteiger partial charge in [0.2, 0.25) is 5.56 Å². The van der Waals surface area contributed by atoms with Crippen LogP contribution in [0.1, 0.15) is 29.3 Å².